The van der Waals surface area contributed by atoms with E-state index in [9.17, 15) is 14.4 Å². The van der Waals surface area contributed by atoms with Gasteiger partial charge in [0.1, 0.15) is 23.1 Å². The summed E-state index contributed by atoms with van der Waals surface area (Å²) in [5.74, 6) is -0.238. The number of halogens is 2. The summed E-state index contributed by atoms with van der Waals surface area (Å²) in [6, 6.07) is 20.1. The molecule has 39 heavy (non-hydrogen) atoms. The largest absolute Gasteiger partial charge is 0.364 e. The maximum atomic E-state index is 14.2. The van der Waals surface area contributed by atoms with Crippen LogP contribution in [0.4, 0.5) is 10.1 Å². The third-order valence-electron chi connectivity index (χ3n) is 7.82. The average molecular weight is 544 g/mol. The lowest BCUT2D eigenvalue weighted by Gasteiger charge is -2.49. The van der Waals surface area contributed by atoms with Crippen LogP contribution in [-0.2, 0) is 13.5 Å². The van der Waals surface area contributed by atoms with Crippen LogP contribution < -0.4 is 10.5 Å². The second-order valence-electron chi connectivity index (χ2n) is 10.3. The number of nitrogens with zero attached hydrogens (tertiary/aromatic N) is 5. The Labute approximate surface area is 232 Å². The van der Waals surface area contributed by atoms with Crippen LogP contribution in [0.5, 0.6) is 0 Å². The molecule has 2 aromatic carbocycles. The molecule has 0 radical (unpaired) electrons. The highest BCUT2D eigenvalue weighted by Crippen LogP contribution is 2.37. The van der Waals surface area contributed by atoms with Crippen molar-refractivity contribution in [3.63, 3.8) is 0 Å². The normalized spacial score (nSPS) is 18.7. The van der Waals surface area contributed by atoms with Gasteiger partial charge in [0.25, 0.3) is 5.56 Å². The Bertz CT molecular complexity index is 1630. The van der Waals surface area contributed by atoms with E-state index in [2.05, 4.69) is 34.7 Å². The summed E-state index contributed by atoms with van der Waals surface area (Å²) in [6.07, 6.45) is 0.716. The fourth-order valence-corrected chi connectivity index (χ4v) is 5.91. The lowest BCUT2D eigenvalue weighted by molar-refractivity contribution is 0.129. The maximum Gasteiger partial charge on any atom is 0.252 e. The van der Waals surface area contributed by atoms with Crippen LogP contribution in [0.15, 0.2) is 65.5 Å². The van der Waals surface area contributed by atoms with Gasteiger partial charge in [-0.05, 0) is 73.4 Å². The first kappa shape index (κ1) is 26.9. The van der Waals surface area contributed by atoms with Crippen LogP contribution in [0.1, 0.15) is 49.2 Å². The molecule has 1 fully saturated rings. The SMILES string of the molecule is CCc1cc(F)ccc1C(c1ccc(Cl)cc1)N1C[C@H](C)N(c2cc(=O)n(C)c3ccc(C#N)nc23)C[C@H]1C. The second kappa shape index (κ2) is 10.8. The summed E-state index contributed by atoms with van der Waals surface area (Å²) in [5, 5.41) is 10.1. The van der Waals surface area contributed by atoms with E-state index in [0.717, 1.165) is 22.4 Å². The van der Waals surface area contributed by atoms with Crippen molar-refractivity contribution >= 4 is 28.3 Å². The first-order valence-corrected chi connectivity index (χ1v) is 13.6. The number of fused-ring (bicyclic) bond motifs is 1. The van der Waals surface area contributed by atoms with Crippen LogP contribution in [0, 0.1) is 17.1 Å². The zero-order chi connectivity index (χ0) is 27.8. The molecule has 1 aliphatic rings. The molecular formula is C31H31ClFN5O. The number of aryl methyl sites for hydroxylation is 2. The van der Waals surface area contributed by atoms with Crippen molar-refractivity contribution in [2.75, 3.05) is 18.0 Å². The summed E-state index contributed by atoms with van der Waals surface area (Å²) in [7, 11) is 1.72. The Morgan fingerprint density at radius 1 is 1.08 bits per heavy atom. The van der Waals surface area contributed by atoms with Crippen molar-refractivity contribution < 1.29 is 4.39 Å². The highest BCUT2D eigenvalue weighted by molar-refractivity contribution is 6.30. The third kappa shape index (κ3) is 5.03. The van der Waals surface area contributed by atoms with E-state index in [4.69, 9.17) is 11.6 Å². The molecule has 1 unspecified atom stereocenters. The van der Waals surface area contributed by atoms with E-state index in [0.29, 0.717) is 41.3 Å². The van der Waals surface area contributed by atoms with Gasteiger partial charge in [-0.25, -0.2) is 9.37 Å². The van der Waals surface area contributed by atoms with Gasteiger partial charge in [0, 0.05) is 43.3 Å². The third-order valence-corrected chi connectivity index (χ3v) is 8.08. The number of anilines is 1. The summed E-state index contributed by atoms with van der Waals surface area (Å²) < 4.78 is 15.8. The minimum absolute atomic E-state index is 0.0318. The number of pyridine rings is 2. The number of hydrogen-bond donors (Lipinski definition) is 0. The molecule has 0 amide bonds. The van der Waals surface area contributed by atoms with E-state index < -0.39 is 0 Å². The maximum absolute atomic E-state index is 14.2. The quantitative estimate of drug-likeness (QED) is 0.316. The number of piperazine rings is 1. The number of rotatable bonds is 5. The molecule has 0 bridgehead atoms. The molecule has 1 saturated heterocycles. The summed E-state index contributed by atoms with van der Waals surface area (Å²) in [6.45, 7) is 7.71. The van der Waals surface area contributed by atoms with Crippen molar-refractivity contribution in [2.45, 2.75) is 45.3 Å². The molecule has 2 aromatic heterocycles. The smallest absolute Gasteiger partial charge is 0.252 e. The van der Waals surface area contributed by atoms with Crippen molar-refractivity contribution in [3.8, 4) is 6.07 Å². The van der Waals surface area contributed by atoms with Crippen molar-refractivity contribution in [1.29, 1.82) is 5.26 Å². The Balaban J connectivity index is 1.58. The van der Waals surface area contributed by atoms with Gasteiger partial charge in [0.2, 0.25) is 0 Å². The van der Waals surface area contributed by atoms with E-state index >= 15 is 0 Å². The molecule has 3 atom stereocenters. The predicted octanol–water partition coefficient (Wildman–Crippen LogP) is 5.85. The molecule has 0 N–H and O–H groups in total. The molecule has 8 heteroatoms. The lowest BCUT2D eigenvalue weighted by atomic mass is 9.89. The Morgan fingerprint density at radius 2 is 1.82 bits per heavy atom. The van der Waals surface area contributed by atoms with E-state index in [-0.39, 0.29) is 29.5 Å². The highest BCUT2D eigenvalue weighted by atomic mass is 35.5. The summed E-state index contributed by atoms with van der Waals surface area (Å²) in [5.41, 5.74) is 5.41. The van der Waals surface area contributed by atoms with Crippen molar-refractivity contribution in [3.05, 3.63) is 104 Å². The fourth-order valence-electron chi connectivity index (χ4n) is 5.78. The molecule has 0 saturated carbocycles. The van der Waals surface area contributed by atoms with Gasteiger partial charge < -0.3 is 9.47 Å². The van der Waals surface area contributed by atoms with Crippen LogP contribution in [-0.4, -0.2) is 39.6 Å². The van der Waals surface area contributed by atoms with Crippen LogP contribution in [0.3, 0.4) is 0 Å². The van der Waals surface area contributed by atoms with Gasteiger partial charge in [-0.1, -0.05) is 36.7 Å². The second-order valence-corrected chi connectivity index (χ2v) is 10.7. The van der Waals surface area contributed by atoms with E-state index in [1.165, 1.54) is 6.07 Å². The molecule has 5 rings (SSSR count). The molecule has 3 heterocycles. The van der Waals surface area contributed by atoms with Gasteiger partial charge in [0.15, 0.2) is 0 Å². The van der Waals surface area contributed by atoms with Crippen LogP contribution in [0.2, 0.25) is 5.02 Å². The lowest BCUT2D eigenvalue weighted by Crippen LogP contribution is -2.57. The summed E-state index contributed by atoms with van der Waals surface area (Å²) in [4.78, 5) is 22.2. The van der Waals surface area contributed by atoms with Gasteiger partial charge in [-0.15, -0.1) is 0 Å². The minimum atomic E-state index is -0.238. The molecule has 4 aromatic rings. The van der Waals surface area contributed by atoms with Gasteiger partial charge in [0.05, 0.1) is 17.2 Å². The minimum Gasteiger partial charge on any atom is -0.364 e. The standard InChI is InChI=1S/C31H31ClFN5O/c1-5-21-14-24(33)10-12-26(21)31(22-6-8-23(32)9-7-22)38-18-19(2)37(17-20(38)3)28-15-29(39)36(4)27-13-11-25(16-34)35-30(27)28/h6-15,19-20,31H,5,17-18H2,1-4H3/t19-,20+,31?/m0/s1. The van der Waals surface area contributed by atoms with Gasteiger partial charge >= 0.3 is 0 Å². The molecule has 6 nitrogen and oxygen atoms in total. The number of nitriles is 1. The number of benzene rings is 2. The Hall–Kier alpha value is -3.73. The zero-order valence-electron chi connectivity index (χ0n) is 22.5. The van der Waals surface area contributed by atoms with Crippen LogP contribution in [0.25, 0.3) is 11.0 Å². The van der Waals surface area contributed by atoms with E-state index in [1.54, 1.807) is 35.9 Å². The molecule has 0 spiro atoms. The van der Waals surface area contributed by atoms with Gasteiger partial charge in [-0.3, -0.25) is 9.69 Å². The summed E-state index contributed by atoms with van der Waals surface area (Å²) >= 11 is 6.24. The van der Waals surface area contributed by atoms with Crippen LogP contribution >= 0.6 is 11.6 Å². The average Bonchev–Trinajstić information content (AvgIpc) is 2.94. The van der Waals surface area contributed by atoms with Gasteiger partial charge in [-0.2, -0.15) is 5.26 Å². The number of aromatic nitrogens is 2. The molecule has 1 aliphatic heterocycles. The molecule has 0 aliphatic carbocycles. The first-order chi connectivity index (χ1) is 18.7. The zero-order valence-corrected chi connectivity index (χ0v) is 23.3. The molecular weight excluding hydrogens is 513 g/mol. The highest BCUT2D eigenvalue weighted by Gasteiger charge is 2.36. The number of hydrogen-bond acceptors (Lipinski definition) is 5. The Kier molecular flexibility index (Phi) is 7.44. The fraction of sp³-hybridized carbons (Fsp3) is 0.323. The first-order valence-electron chi connectivity index (χ1n) is 13.2. The molecule has 200 valence electrons. The monoisotopic (exact) mass is 543 g/mol. The van der Waals surface area contributed by atoms with E-state index in [1.807, 2.05) is 37.3 Å². The van der Waals surface area contributed by atoms with Crippen molar-refractivity contribution in [1.82, 2.24) is 14.5 Å². The van der Waals surface area contributed by atoms with Crippen molar-refractivity contribution in [2.24, 2.45) is 7.05 Å². The predicted molar refractivity (Wildman–Crippen MR) is 154 cm³/mol. The Morgan fingerprint density at radius 3 is 2.51 bits per heavy atom. The topological polar surface area (TPSA) is 65.2 Å².